The van der Waals surface area contributed by atoms with Crippen molar-refractivity contribution in [2.24, 2.45) is 4.99 Å². The van der Waals surface area contributed by atoms with Gasteiger partial charge in [0.15, 0.2) is 6.61 Å². The van der Waals surface area contributed by atoms with Gasteiger partial charge in [0.1, 0.15) is 6.61 Å². The van der Waals surface area contributed by atoms with E-state index in [2.05, 4.69) is 24.7 Å². The number of hydrogen-bond donors (Lipinski definition) is 0. The third-order valence-electron chi connectivity index (χ3n) is 1.97. The Morgan fingerprint density at radius 3 is 2.68 bits per heavy atom. The Hall–Kier alpha value is -2.57. The maximum atomic E-state index is 11.5. The topological polar surface area (TPSA) is 82.9 Å². The summed E-state index contributed by atoms with van der Waals surface area (Å²) in [5.74, 6) is -0.678. The molecule has 0 radical (unpaired) electrons. The van der Waals surface area contributed by atoms with Gasteiger partial charge in [0.25, 0.3) is 6.10 Å². The van der Waals surface area contributed by atoms with Crippen molar-refractivity contribution < 1.29 is 24.0 Å². The zero-order valence-corrected chi connectivity index (χ0v) is 10.2. The highest BCUT2D eigenvalue weighted by Gasteiger charge is 2.25. The van der Waals surface area contributed by atoms with E-state index in [9.17, 15) is 9.59 Å². The van der Waals surface area contributed by atoms with Gasteiger partial charge in [-0.15, -0.1) is 0 Å². The first-order valence-electron chi connectivity index (χ1n) is 5.47. The molecule has 0 heterocycles. The monoisotopic (exact) mass is 267 g/mol. The molecule has 0 saturated carbocycles. The summed E-state index contributed by atoms with van der Waals surface area (Å²) in [5, 5.41) is 5.42. The minimum absolute atomic E-state index is 0.0266. The quantitative estimate of drug-likeness (QED) is 0.148. The molecule has 0 saturated heterocycles. The van der Waals surface area contributed by atoms with Gasteiger partial charge in [0, 0.05) is 6.42 Å². The van der Waals surface area contributed by atoms with Gasteiger partial charge < -0.3 is 4.74 Å². The lowest BCUT2D eigenvalue weighted by molar-refractivity contribution is -0.154. The van der Waals surface area contributed by atoms with E-state index in [4.69, 9.17) is 17.9 Å². The lowest BCUT2D eigenvalue weighted by Gasteiger charge is -2.08. The van der Waals surface area contributed by atoms with Gasteiger partial charge in [0.05, 0.1) is 6.54 Å². The van der Waals surface area contributed by atoms with E-state index in [1.54, 1.807) is 0 Å². The SMILES string of the molecule is [C-]#[N+]OCCCCC(O[N+]#[C-])C(=O)OCCN=C=O. The van der Waals surface area contributed by atoms with E-state index in [1.165, 1.54) is 6.08 Å². The molecule has 0 aromatic rings. The number of aliphatic imine (C=N–C) groups is 1. The summed E-state index contributed by atoms with van der Waals surface area (Å²) in [4.78, 5) is 33.5. The molecular formula is C11H13N3O5. The van der Waals surface area contributed by atoms with Crippen LogP contribution >= 0.6 is 0 Å². The first-order valence-corrected chi connectivity index (χ1v) is 5.47. The zero-order chi connectivity index (χ0) is 14.3. The molecule has 0 amide bonds. The Balaban J connectivity index is 3.95. The lowest BCUT2D eigenvalue weighted by atomic mass is 10.1. The molecule has 8 heteroatoms. The molecule has 0 aliphatic carbocycles. The highest BCUT2D eigenvalue weighted by molar-refractivity contribution is 5.74. The molecule has 0 aliphatic heterocycles. The molecule has 0 rings (SSSR count). The molecule has 8 nitrogen and oxygen atoms in total. The highest BCUT2D eigenvalue weighted by Crippen LogP contribution is 2.08. The van der Waals surface area contributed by atoms with Gasteiger partial charge in [-0.2, -0.15) is 22.8 Å². The van der Waals surface area contributed by atoms with Gasteiger partial charge in [-0.05, 0) is 22.9 Å². The van der Waals surface area contributed by atoms with Crippen molar-refractivity contribution >= 4 is 12.0 Å². The number of isocyanates is 1. The molecule has 0 spiro atoms. The lowest BCUT2D eigenvalue weighted by Crippen LogP contribution is -2.25. The van der Waals surface area contributed by atoms with Crippen molar-refractivity contribution in [3.8, 4) is 0 Å². The van der Waals surface area contributed by atoms with Crippen LogP contribution in [0.3, 0.4) is 0 Å². The number of nitrogens with zero attached hydrogens (tertiary/aromatic N) is 3. The summed E-state index contributed by atoms with van der Waals surface area (Å²) in [5.41, 5.74) is 0. The number of carbonyl (C=O) groups excluding carboxylic acids is 2. The normalized spacial score (nSPS) is 10.2. The van der Waals surface area contributed by atoms with Crippen LogP contribution in [0.25, 0.3) is 10.0 Å². The van der Waals surface area contributed by atoms with E-state index in [1.807, 2.05) is 0 Å². The van der Waals surface area contributed by atoms with Crippen LogP contribution in [-0.2, 0) is 24.0 Å². The molecule has 0 N–H and O–H groups in total. The third-order valence-corrected chi connectivity index (χ3v) is 1.97. The maximum absolute atomic E-state index is 11.5. The molecule has 0 bridgehead atoms. The number of carbonyl (C=O) groups is 1. The third kappa shape index (κ3) is 9.16. The summed E-state index contributed by atoms with van der Waals surface area (Å²) in [6.07, 6.45) is 1.75. The van der Waals surface area contributed by atoms with Crippen molar-refractivity contribution in [1.29, 1.82) is 0 Å². The fourth-order valence-corrected chi connectivity index (χ4v) is 1.15. The van der Waals surface area contributed by atoms with Crippen molar-refractivity contribution in [2.45, 2.75) is 25.4 Å². The predicted octanol–water partition coefficient (Wildman–Crippen LogP) is 1.11. The molecular weight excluding hydrogens is 254 g/mol. The van der Waals surface area contributed by atoms with Crippen LogP contribution in [0.1, 0.15) is 19.3 Å². The second kappa shape index (κ2) is 11.9. The van der Waals surface area contributed by atoms with Crippen LogP contribution < -0.4 is 0 Å². The van der Waals surface area contributed by atoms with Crippen molar-refractivity contribution in [3.05, 3.63) is 23.2 Å². The number of ether oxygens (including phenoxy) is 1. The Morgan fingerprint density at radius 1 is 1.26 bits per heavy atom. The van der Waals surface area contributed by atoms with E-state index in [-0.39, 0.29) is 19.8 Å². The number of hydrogen-bond acceptors (Lipinski definition) is 6. The summed E-state index contributed by atoms with van der Waals surface area (Å²) in [7, 11) is 0. The van der Waals surface area contributed by atoms with Crippen LogP contribution in [0.15, 0.2) is 4.99 Å². The molecule has 19 heavy (non-hydrogen) atoms. The van der Waals surface area contributed by atoms with Crippen molar-refractivity contribution in [3.63, 3.8) is 0 Å². The average Bonchev–Trinajstić information content (AvgIpc) is 2.42. The maximum Gasteiger partial charge on any atom is 0.356 e. The minimum atomic E-state index is -0.981. The smallest absolute Gasteiger partial charge is 0.356 e. The Labute approximate surface area is 110 Å². The van der Waals surface area contributed by atoms with Gasteiger partial charge in [-0.3, -0.25) is 0 Å². The first kappa shape index (κ1) is 16.4. The van der Waals surface area contributed by atoms with E-state index in [0.717, 1.165) is 0 Å². The first-order chi connectivity index (χ1) is 9.26. The van der Waals surface area contributed by atoms with Crippen LogP contribution in [0.4, 0.5) is 0 Å². The van der Waals surface area contributed by atoms with E-state index >= 15 is 0 Å². The summed E-state index contributed by atoms with van der Waals surface area (Å²) < 4.78 is 4.78. The second-order valence-electron chi connectivity index (χ2n) is 3.25. The van der Waals surface area contributed by atoms with Crippen LogP contribution in [0, 0.1) is 13.1 Å². The predicted molar refractivity (Wildman–Crippen MR) is 61.8 cm³/mol. The standard InChI is InChI=1S/C11H13N3O5/c1-12-18-7-4-3-5-10(19-13-2)11(16)17-8-6-14-9-15/h10H,3-8H2. The zero-order valence-electron chi connectivity index (χ0n) is 10.2. The van der Waals surface area contributed by atoms with Gasteiger partial charge in [-0.1, -0.05) is 0 Å². The summed E-state index contributed by atoms with van der Waals surface area (Å²) in [6.45, 7) is 13.2. The molecule has 1 unspecified atom stereocenters. The number of rotatable bonds is 10. The van der Waals surface area contributed by atoms with E-state index < -0.39 is 12.1 Å². The van der Waals surface area contributed by atoms with Gasteiger partial charge in [-0.25, -0.2) is 14.6 Å². The summed E-state index contributed by atoms with van der Waals surface area (Å²) >= 11 is 0. The highest BCUT2D eigenvalue weighted by atomic mass is 16.7. The number of unbranched alkanes of at least 4 members (excludes halogenated alkanes) is 1. The van der Waals surface area contributed by atoms with E-state index in [0.29, 0.717) is 19.3 Å². The molecule has 1 atom stereocenters. The summed E-state index contributed by atoms with van der Waals surface area (Å²) in [6, 6.07) is 0. The van der Waals surface area contributed by atoms with Gasteiger partial charge >= 0.3 is 5.97 Å². The van der Waals surface area contributed by atoms with Gasteiger partial charge in [0.2, 0.25) is 6.08 Å². The molecule has 0 aromatic heterocycles. The molecule has 0 fully saturated rings. The van der Waals surface area contributed by atoms with Crippen LogP contribution in [-0.4, -0.2) is 37.9 Å². The molecule has 0 aliphatic rings. The Morgan fingerprint density at radius 2 is 2.05 bits per heavy atom. The molecule has 0 aromatic carbocycles. The average molecular weight is 267 g/mol. The van der Waals surface area contributed by atoms with Crippen molar-refractivity contribution in [1.82, 2.24) is 0 Å². The largest absolute Gasteiger partial charge is 0.461 e. The van der Waals surface area contributed by atoms with Crippen molar-refractivity contribution in [2.75, 3.05) is 19.8 Å². The fourth-order valence-electron chi connectivity index (χ4n) is 1.15. The Bertz CT molecular complexity index is 392. The van der Waals surface area contributed by atoms with Crippen LogP contribution in [0.2, 0.25) is 0 Å². The molecule has 102 valence electrons. The Kier molecular flexibility index (Phi) is 10.3. The fraction of sp³-hybridized carbons (Fsp3) is 0.636. The number of esters is 1. The second-order valence-corrected chi connectivity index (χ2v) is 3.25. The minimum Gasteiger partial charge on any atom is -0.461 e. The van der Waals surface area contributed by atoms with Crippen LogP contribution in [0.5, 0.6) is 0 Å².